The molecule has 0 saturated carbocycles. The van der Waals surface area contributed by atoms with Crippen LogP contribution in [0.25, 0.3) is 0 Å². The van der Waals surface area contributed by atoms with E-state index in [1.807, 2.05) is 18.6 Å². The minimum Gasteiger partial charge on any atom is -0.382 e. The van der Waals surface area contributed by atoms with Crippen molar-refractivity contribution in [3.8, 4) is 0 Å². The molecule has 1 aromatic heterocycles. The molecule has 1 heterocycles. The summed E-state index contributed by atoms with van der Waals surface area (Å²) in [4.78, 5) is 4.38. The van der Waals surface area contributed by atoms with Gasteiger partial charge in [-0.05, 0) is 13.0 Å². The molecule has 3 nitrogen and oxygen atoms in total. The van der Waals surface area contributed by atoms with Crippen molar-refractivity contribution in [1.29, 1.82) is 0 Å². The molecule has 0 bridgehead atoms. The average Bonchev–Trinajstić information content (AvgIpc) is 2.66. The van der Waals surface area contributed by atoms with Crippen LogP contribution in [0.3, 0.4) is 0 Å². The lowest BCUT2D eigenvalue weighted by Crippen LogP contribution is -2.48. The van der Waals surface area contributed by atoms with Gasteiger partial charge in [0.15, 0.2) is 0 Å². The van der Waals surface area contributed by atoms with Crippen molar-refractivity contribution in [3.63, 3.8) is 0 Å². The molecule has 0 aromatic carbocycles. The molecule has 1 N–H and O–H groups in total. The third kappa shape index (κ3) is 1.97. The van der Waals surface area contributed by atoms with Crippen LogP contribution >= 0.6 is 11.3 Å². The summed E-state index contributed by atoms with van der Waals surface area (Å²) in [6.07, 6.45) is 1.84. The first-order valence-corrected chi connectivity index (χ1v) is 5.63. The fourth-order valence-electron chi connectivity index (χ4n) is 1.61. The first kappa shape index (κ1) is 11.6. The number of likely N-dealkylation sites (N-methyl/N-ethyl adjacent to an activating group) is 1. The maximum absolute atomic E-state index is 5.29. The summed E-state index contributed by atoms with van der Waals surface area (Å²) < 4.78 is 5.29. The molecule has 0 fully saturated rings. The number of methoxy groups -OCH3 is 1. The molecule has 1 rings (SSSR count). The Bertz CT molecular complexity index is 261. The Hall–Kier alpha value is -0.450. The van der Waals surface area contributed by atoms with Crippen molar-refractivity contribution in [2.24, 2.45) is 5.92 Å². The lowest BCUT2D eigenvalue weighted by atomic mass is 9.88. The summed E-state index contributed by atoms with van der Waals surface area (Å²) in [5, 5.41) is 6.44. The molecule has 1 aromatic rings. The maximum atomic E-state index is 5.29. The predicted molar refractivity (Wildman–Crippen MR) is 59.6 cm³/mol. The van der Waals surface area contributed by atoms with Gasteiger partial charge in [-0.2, -0.15) is 0 Å². The number of thiazole rings is 1. The highest BCUT2D eigenvalue weighted by atomic mass is 32.1. The van der Waals surface area contributed by atoms with E-state index in [0.717, 1.165) is 5.01 Å². The normalized spacial score (nSPS) is 15.8. The maximum Gasteiger partial charge on any atom is 0.115 e. The van der Waals surface area contributed by atoms with Crippen molar-refractivity contribution in [3.05, 3.63) is 16.6 Å². The van der Waals surface area contributed by atoms with Crippen molar-refractivity contribution in [2.75, 3.05) is 20.8 Å². The van der Waals surface area contributed by atoms with E-state index < -0.39 is 0 Å². The van der Waals surface area contributed by atoms with Crippen molar-refractivity contribution in [1.82, 2.24) is 10.3 Å². The molecule has 0 saturated heterocycles. The van der Waals surface area contributed by atoms with E-state index in [1.165, 1.54) is 0 Å². The molecule has 0 aliphatic rings. The molecule has 14 heavy (non-hydrogen) atoms. The predicted octanol–water partition coefficient (Wildman–Crippen LogP) is 1.86. The zero-order valence-electron chi connectivity index (χ0n) is 9.20. The van der Waals surface area contributed by atoms with Gasteiger partial charge >= 0.3 is 0 Å². The van der Waals surface area contributed by atoms with Crippen LogP contribution < -0.4 is 5.32 Å². The van der Waals surface area contributed by atoms with Crippen LogP contribution in [0, 0.1) is 5.92 Å². The summed E-state index contributed by atoms with van der Waals surface area (Å²) in [5.74, 6) is 0.443. The van der Waals surface area contributed by atoms with Crippen LogP contribution in [-0.4, -0.2) is 25.7 Å². The number of nitrogens with zero attached hydrogens (tertiary/aromatic N) is 1. The van der Waals surface area contributed by atoms with Gasteiger partial charge in [-0.15, -0.1) is 11.3 Å². The molecule has 0 radical (unpaired) electrons. The van der Waals surface area contributed by atoms with Gasteiger partial charge in [-0.1, -0.05) is 13.8 Å². The highest BCUT2D eigenvalue weighted by molar-refractivity contribution is 7.09. The third-order valence-electron chi connectivity index (χ3n) is 2.62. The second-order valence-electron chi connectivity index (χ2n) is 3.65. The molecule has 0 amide bonds. The van der Waals surface area contributed by atoms with E-state index in [9.17, 15) is 0 Å². The van der Waals surface area contributed by atoms with Gasteiger partial charge in [-0.25, -0.2) is 4.98 Å². The van der Waals surface area contributed by atoms with E-state index in [4.69, 9.17) is 4.74 Å². The topological polar surface area (TPSA) is 34.1 Å². The Morgan fingerprint density at radius 3 is 2.71 bits per heavy atom. The summed E-state index contributed by atoms with van der Waals surface area (Å²) in [6.45, 7) is 5.00. The van der Waals surface area contributed by atoms with Crippen molar-refractivity contribution in [2.45, 2.75) is 19.4 Å². The average molecular weight is 214 g/mol. The molecule has 0 aliphatic heterocycles. The monoisotopic (exact) mass is 214 g/mol. The fraction of sp³-hybridized carbons (Fsp3) is 0.700. The highest BCUT2D eigenvalue weighted by Crippen LogP contribution is 2.30. The second kappa shape index (κ2) is 4.87. The van der Waals surface area contributed by atoms with Crippen molar-refractivity contribution >= 4 is 11.3 Å². The first-order chi connectivity index (χ1) is 6.67. The number of aromatic nitrogens is 1. The molecule has 4 heteroatoms. The quantitative estimate of drug-likeness (QED) is 0.812. The van der Waals surface area contributed by atoms with Crippen LogP contribution in [-0.2, 0) is 10.3 Å². The van der Waals surface area contributed by atoms with Gasteiger partial charge < -0.3 is 10.1 Å². The molecular weight excluding hydrogens is 196 g/mol. The third-order valence-corrected chi connectivity index (χ3v) is 3.57. The van der Waals surface area contributed by atoms with Gasteiger partial charge in [0, 0.05) is 18.7 Å². The summed E-state index contributed by atoms with van der Waals surface area (Å²) in [7, 11) is 3.68. The standard InChI is InChI=1S/C10H18N2OS/c1-8(2)10(11-3,7-13-4)9-12-5-6-14-9/h5-6,8,11H,7H2,1-4H3. The highest BCUT2D eigenvalue weighted by Gasteiger charge is 2.36. The Kier molecular flexibility index (Phi) is 4.04. The second-order valence-corrected chi connectivity index (χ2v) is 4.54. The SMILES string of the molecule is CNC(COC)(c1nccs1)C(C)C. The molecule has 0 aliphatic carbocycles. The number of ether oxygens (including phenoxy) is 1. The summed E-state index contributed by atoms with van der Waals surface area (Å²) >= 11 is 1.67. The van der Waals surface area contributed by atoms with E-state index in [0.29, 0.717) is 12.5 Å². The van der Waals surface area contributed by atoms with E-state index >= 15 is 0 Å². The van der Waals surface area contributed by atoms with Crippen LogP contribution in [0.5, 0.6) is 0 Å². The van der Waals surface area contributed by atoms with Crippen LogP contribution in [0.2, 0.25) is 0 Å². The summed E-state index contributed by atoms with van der Waals surface area (Å²) in [5.41, 5.74) is -0.150. The van der Waals surface area contributed by atoms with Crippen LogP contribution in [0.15, 0.2) is 11.6 Å². The molecule has 1 atom stereocenters. The van der Waals surface area contributed by atoms with Gasteiger partial charge in [0.25, 0.3) is 0 Å². The zero-order chi connectivity index (χ0) is 10.6. The minimum atomic E-state index is -0.150. The summed E-state index contributed by atoms with van der Waals surface area (Å²) in [6, 6.07) is 0. The van der Waals surface area contributed by atoms with Crippen molar-refractivity contribution < 1.29 is 4.74 Å². The molecule has 0 spiro atoms. The Morgan fingerprint density at radius 2 is 2.36 bits per heavy atom. The van der Waals surface area contributed by atoms with Gasteiger partial charge in [-0.3, -0.25) is 0 Å². The Morgan fingerprint density at radius 1 is 1.64 bits per heavy atom. The fourth-order valence-corrected chi connectivity index (χ4v) is 2.59. The van der Waals surface area contributed by atoms with Crippen LogP contribution in [0.1, 0.15) is 18.9 Å². The van der Waals surface area contributed by atoms with E-state index in [1.54, 1.807) is 18.4 Å². The van der Waals surface area contributed by atoms with Gasteiger partial charge in [0.2, 0.25) is 0 Å². The smallest absolute Gasteiger partial charge is 0.115 e. The molecular formula is C10H18N2OS. The minimum absolute atomic E-state index is 0.150. The molecule has 80 valence electrons. The lowest BCUT2D eigenvalue weighted by Gasteiger charge is -2.34. The number of hydrogen-bond acceptors (Lipinski definition) is 4. The van der Waals surface area contributed by atoms with Crippen LogP contribution in [0.4, 0.5) is 0 Å². The Balaban J connectivity index is 3.01. The largest absolute Gasteiger partial charge is 0.382 e. The number of rotatable bonds is 5. The van der Waals surface area contributed by atoms with Gasteiger partial charge in [0.05, 0.1) is 12.1 Å². The van der Waals surface area contributed by atoms with E-state index in [-0.39, 0.29) is 5.54 Å². The number of nitrogens with one attached hydrogen (secondary N) is 1. The van der Waals surface area contributed by atoms with E-state index in [2.05, 4.69) is 24.1 Å². The van der Waals surface area contributed by atoms with Gasteiger partial charge in [0.1, 0.15) is 5.01 Å². The molecule has 1 unspecified atom stereocenters. The number of hydrogen-bond donors (Lipinski definition) is 1. The lowest BCUT2D eigenvalue weighted by molar-refractivity contribution is 0.0819. The zero-order valence-corrected chi connectivity index (χ0v) is 10.0. The Labute approximate surface area is 89.5 Å². The first-order valence-electron chi connectivity index (χ1n) is 4.75.